The van der Waals surface area contributed by atoms with Crippen LogP contribution in [-0.4, -0.2) is 9.38 Å². The molecule has 68 valence electrons. The van der Waals surface area contributed by atoms with E-state index in [2.05, 4.69) is 52.6 Å². The second kappa shape index (κ2) is 3.35. The summed E-state index contributed by atoms with van der Waals surface area (Å²) in [5.74, 6) is 1.61. The minimum Gasteiger partial charge on any atom is -0.302 e. The maximum atomic E-state index is 4.35. The second-order valence-electron chi connectivity index (χ2n) is 2.94. The van der Waals surface area contributed by atoms with Gasteiger partial charge in [0.25, 0.3) is 0 Å². The van der Waals surface area contributed by atoms with Gasteiger partial charge in [0.2, 0.25) is 0 Å². The summed E-state index contributed by atoms with van der Waals surface area (Å²) in [5.41, 5.74) is 2.34. The van der Waals surface area contributed by atoms with Crippen molar-refractivity contribution in [1.29, 1.82) is 0 Å². The molecular weight excluding hydrogens is 248 g/mol. The molecular formula is C9H9BrN2S. The first-order valence-electron chi connectivity index (χ1n) is 3.96. The van der Waals surface area contributed by atoms with Gasteiger partial charge in [0.15, 0.2) is 0 Å². The highest BCUT2D eigenvalue weighted by Crippen LogP contribution is 2.20. The number of fused-ring (bicyclic) bond motifs is 1. The van der Waals surface area contributed by atoms with E-state index in [1.165, 1.54) is 5.56 Å². The lowest BCUT2D eigenvalue weighted by molar-refractivity contribution is 1.02. The van der Waals surface area contributed by atoms with Crippen LogP contribution in [0.5, 0.6) is 0 Å². The number of hydrogen-bond donors (Lipinski definition) is 1. The molecule has 0 saturated heterocycles. The Labute approximate surface area is 90.5 Å². The van der Waals surface area contributed by atoms with Gasteiger partial charge in [-0.15, -0.1) is 0 Å². The van der Waals surface area contributed by atoms with Crippen LogP contribution in [0.4, 0.5) is 0 Å². The standard InChI is InChI=1S/C9H9BrN2S/c1-6-2-3-12-7(4-6)9(10)11-8(12)5-13/h2-4,13H,5H2,1H3. The van der Waals surface area contributed by atoms with E-state index >= 15 is 0 Å². The summed E-state index contributed by atoms with van der Waals surface area (Å²) in [5, 5.41) is 0. The highest BCUT2D eigenvalue weighted by Gasteiger charge is 2.06. The molecule has 2 nitrogen and oxygen atoms in total. The van der Waals surface area contributed by atoms with Crippen LogP contribution in [0.3, 0.4) is 0 Å². The van der Waals surface area contributed by atoms with Crippen LogP contribution < -0.4 is 0 Å². The van der Waals surface area contributed by atoms with E-state index in [-0.39, 0.29) is 0 Å². The molecule has 0 aliphatic carbocycles. The van der Waals surface area contributed by atoms with E-state index in [9.17, 15) is 0 Å². The largest absolute Gasteiger partial charge is 0.302 e. The van der Waals surface area contributed by atoms with Gasteiger partial charge in [-0.1, -0.05) is 0 Å². The van der Waals surface area contributed by atoms with Gasteiger partial charge in [-0.25, -0.2) is 4.98 Å². The first-order chi connectivity index (χ1) is 6.22. The molecule has 0 aromatic carbocycles. The molecule has 0 bridgehead atoms. The molecule has 0 spiro atoms. The molecule has 4 heteroatoms. The van der Waals surface area contributed by atoms with Crippen LogP contribution in [0.2, 0.25) is 0 Å². The zero-order valence-electron chi connectivity index (χ0n) is 7.16. The molecule has 0 aliphatic heterocycles. The molecule has 13 heavy (non-hydrogen) atoms. The number of aromatic nitrogens is 2. The summed E-state index contributed by atoms with van der Waals surface area (Å²) >= 11 is 7.65. The Kier molecular flexibility index (Phi) is 2.34. The van der Waals surface area contributed by atoms with Gasteiger partial charge in [-0.05, 0) is 40.5 Å². The minimum absolute atomic E-state index is 0.649. The fourth-order valence-electron chi connectivity index (χ4n) is 1.33. The van der Waals surface area contributed by atoms with Crippen LogP contribution >= 0.6 is 28.6 Å². The third-order valence-corrected chi connectivity index (χ3v) is 2.83. The number of rotatable bonds is 1. The quantitative estimate of drug-likeness (QED) is 0.777. The monoisotopic (exact) mass is 256 g/mol. The average Bonchev–Trinajstić information content (AvgIpc) is 2.43. The van der Waals surface area contributed by atoms with E-state index in [0.29, 0.717) is 5.75 Å². The van der Waals surface area contributed by atoms with E-state index in [1.807, 2.05) is 10.6 Å². The number of thiol groups is 1. The summed E-state index contributed by atoms with van der Waals surface area (Å²) in [6.45, 7) is 2.07. The van der Waals surface area contributed by atoms with E-state index in [4.69, 9.17) is 0 Å². The normalized spacial score (nSPS) is 11.0. The van der Waals surface area contributed by atoms with Gasteiger partial charge in [0.05, 0.1) is 5.52 Å². The molecule has 0 saturated carbocycles. The Morgan fingerprint density at radius 3 is 3.08 bits per heavy atom. The molecule has 2 aromatic rings. The fourth-order valence-corrected chi connectivity index (χ4v) is 2.06. The maximum Gasteiger partial charge on any atom is 0.132 e. The topological polar surface area (TPSA) is 17.3 Å². The van der Waals surface area contributed by atoms with Crippen molar-refractivity contribution in [1.82, 2.24) is 9.38 Å². The zero-order chi connectivity index (χ0) is 9.42. The fraction of sp³-hybridized carbons (Fsp3) is 0.222. The van der Waals surface area contributed by atoms with Crippen molar-refractivity contribution < 1.29 is 0 Å². The molecule has 0 amide bonds. The van der Waals surface area contributed by atoms with Crippen LogP contribution in [-0.2, 0) is 5.75 Å². The molecule has 0 unspecified atom stereocenters. The lowest BCUT2D eigenvalue weighted by Crippen LogP contribution is -1.90. The maximum absolute atomic E-state index is 4.35. The number of aryl methyl sites for hydroxylation is 1. The van der Waals surface area contributed by atoms with Gasteiger partial charge in [-0.2, -0.15) is 12.6 Å². The van der Waals surface area contributed by atoms with Gasteiger partial charge in [-0.3, -0.25) is 0 Å². The van der Waals surface area contributed by atoms with Crippen molar-refractivity contribution in [3.63, 3.8) is 0 Å². The Morgan fingerprint density at radius 2 is 2.38 bits per heavy atom. The number of imidazole rings is 1. The summed E-state index contributed by atoms with van der Waals surface area (Å²) in [7, 11) is 0. The third kappa shape index (κ3) is 1.48. The summed E-state index contributed by atoms with van der Waals surface area (Å²) < 4.78 is 2.93. The second-order valence-corrected chi connectivity index (χ2v) is 4.00. The molecule has 0 N–H and O–H groups in total. The van der Waals surface area contributed by atoms with Crippen molar-refractivity contribution in [2.75, 3.05) is 0 Å². The van der Waals surface area contributed by atoms with Crippen molar-refractivity contribution in [3.05, 3.63) is 34.3 Å². The smallest absolute Gasteiger partial charge is 0.132 e. The summed E-state index contributed by atoms with van der Waals surface area (Å²) in [4.78, 5) is 4.35. The van der Waals surface area contributed by atoms with Gasteiger partial charge < -0.3 is 4.40 Å². The summed E-state index contributed by atoms with van der Waals surface area (Å²) in [6.07, 6.45) is 2.02. The van der Waals surface area contributed by atoms with E-state index < -0.39 is 0 Å². The van der Waals surface area contributed by atoms with Crippen LogP contribution in [0, 0.1) is 6.92 Å². The lowest BCUT2D eigenvalue weighted by atomic mass is 10.3. The van der Waals surface area contributed by atoms with Gasteiger partial charge >= 0.3 is 0 Å². The highest BCUT2D eigenvalue weighted by molar-refractivity contribution is 9.10. The molecule has 2 aromatic heterocycles. The van der Waals surface area contributed by atoms with Crippen molar-refractivity contribution in [3.8, 4) is 0 Å². The highest BCUT2D eigenvalue weighted by atomic mass is 79.9. The number of halogens is 1. The van der Waals surface area contributed by atoms with E-state index in [0.717, 1.165) is 15.9 Å². The average molecular weight is 257 g/mol. The van der Waals surface area contributed by atoms with E-state index in [1.54, 1.807) is 0 Å². The molecule has 0 radical (unpaired) electrons. The zero-order valence-corrected chi connectivity index (χ0v) is 9.64. The number of hydrogen-bond acceptors (Lipinski definition) is 2. The third-order valence-electron chi connectivity index (χ3n) is 1.97. The number of nitrogens with zero attached hydrogens (tertiary/aromatic N) is 2. The Bertz CT molecular complexity index is 450. The van der Waals surface area contributed by atoms with Gasteiger partial charge in [0.1, 0.15) is 10.4 Å². The van der Waals surface area contributed by atoms with Crippen LogP contribution in [0.25, 0.3) is 5.52 Å². The lowest BCUT2D eigenvalue weighted by Gasteiger charge is -1.98. The molecule has 2 heterocycles. The van der Waals surface area contributed by atoms with Crippen molar-refractivity contribution in [2.24, 2.45) is 0 Å². The Hall–Kier alpha value is -0.480. The predicted octanol–water partition coefficient (Wildman–Crippen LogP) is 2.84. The Balaban J connectivity index is 2.80. The number of pyridine rings is 1. The molecule has 0 fully saturated rings. The van der Waals surface area contributed by atoms with Crippen molar-refractivity contribution in [2.45, 2.75) is 12.7 Å². The minimum atomic E-state index is 0.649. The predicted molar refractivity (Wildman–Crippen MR) is 60.3 cm³/mol. The Morgan fingerprint density at radius 1 is 1.62 bits per heavy atom. The molecule has 0 aliphatic rings. The first kappa shape index (κ1) is 9.09. The van der Waals surface area contributed by atoms with Gasteiger partial charge in [0, 0.05) is 11.9 Å². The van der Waals surface area contributed by atoms with Crippen molar-refractivity contribution >= 4 is 34.1 Å². The first-order valence-corrected chi connectivity index (χ1v) is 5.39. The molecule has 0 atom stereocenters. The summed E-state index contributed by atoms with van der Waals surface area (Å²) in [6, 6.07) is 4.16. The van der Waals surface area contributed by atoms with Crippen LogP contribution in [0.1, 0.15) is 11.4 Å². The van der Waals surface area contributed by atoms with Crippen LogP contribution in [0.15, 0.2) is 22.9 Å². The molecule has 2 rings (SSSR count). The SMILES string of the molecule is Cc1ccn2c(CS)nc(Br)c2c1.